The smallest absolute Gasteiger partial charge is 0.0162 e. The summed E-state index contributed by atoms with van der Waals surface area (Å²) in [5.41, 5.74) is 4.44. The molecule has 0 N–H and O–H groups in total. The summed E-state index contributed by atoms with van der Waals surface area (Å²) in [6.45, 7) is 6.81. The molecule has 0 heterocycles. The van der Waals surface area contributed by atoms with Crippen molar-refractivity contribution in [3.05, 3.63) is 34.9 Å². The van der Waals surface area contributed by atoms with E-state index in [4.69, 9.17) is 0 Å². The quantitative estimate of drug-likeness (QED) is 0.605. The fraction of sp³-hybridized carbons (Fsp3) is 0.625. The first-order valence-corrected chi connectivity index (χ1v) is 6.24. The summed E-state index contributed by atoms with van der Waals surface area (Å²) < 4.78 is 0. The highest BCUT2D eigenvalue weighted by Gasteiger charge is 2.19. The first-order valence-electron chi connectivity index (χ1n) is 6.24. The normalized spacial score (nSPS) is 24.9. The molecule has 16 heavy (non-hydrogen) atoms. The summed E-state index contributed by atoms with van der Waals surface area (Å²) in [5.74, 6) is 1.79. The predicted molar refractivity (Wildman–Crippen MR) is 73.0 cm³/mol. The molecular weight excluding hydrogens is 192 g/mol. The minimum Gasteiger partial charge on any atom is -0.0776 e. The third kappa shape index (κ3) is 2.87. The molecule has 1 fully saturated rings. The molecule has 0 atom stereocenters. The standard InChI is InChI=1S/C15H22.CH4/c1-11-4-7-14(8-5-11)15-9-6-12(2)13(3)10-15;/h6,9-11,14H,4-5,7-8H2,1-3H3;1H4. The fourth-order valence-corrected chi connectivity index (χ4v) is 2.61. The molecule has 1 saturated carbocycles. The first-order chi connectivity index (χ1) is 7.16. The molecule has 1 aliphatic rings. The summed E-state index contributed by atoms with van der Waals surface area (Å²) >= 11 is 0. The molecular formula is C16H26. The van der Waals surface area contributed by atoms with Gasteiger partial charge in [-0.2, -0.15) is 0 Å². The zero-order valence-corrected chi connectivity index (χ0v) is 10.2. The topological polar surface area (TPSA) is 0 Å². The Morgan fingerprint density at radius 1 is 0.938 bits per heavy atom. The van der Waals surface area contributed by atoms with Crippen LogP contribution in [0.2, 0.25) is 0 Å². The lowest BCUT2D eigenvalue weighted by atomic mass is 9.79. The molecule has 2 rings (SSSR count). The van der Waals surface area contributed by atoms with E-state index in [-0.39, 0.29) is 7.43 Å². The van der Waals surface area contributed by atoms with E-state index in [2.05, 4.69) is 39.0 Å². The molecule has 1 aromatic rings. The van der Waals surface area contributed by atoms with Gasteiger partial charge in [0.1, 0.15) is 0 Å². The number of hydrogen-bond donors (Lipinski definition) is 0. The van der Waals surface area contributed by atoms with Gasteiger partial charge in [-0.1, -0.05) is 45.4 Å². The van der Waals surface area contributed by atoms with Gasteiger partial charge in [0.2, 0.25) is 0 Å². The van der Waals surface area contributed by atoms with E-state index in [1.54, 1.807) is 5.56 Å². The minimum atomic E-state index is 0. The first kappa shape index (κ1) is 13.3. The highest BCUT2D eigenvalue weighted by atomic mass is 14.2. The molecule has 0 unspecified atom stereocenters. The van der Waals surface area contributed by atoms with Gasteiger partial charge in [0.15, 0.2) is 0 Å². The van der Waals surface area contributed by atoms with Crippen LogP contribution in [-0.2, 0) is 0 Å². The highest BCUT2D eigenvalue weighted by molar-refractivity contribution is 5.32. The molecule has 0 aliphatic heterocycles. The Morgan fingerprint density at radius 3 is 2.12 bits per heavy atom. The maximum Gasteiger partial charge on any atom is -0.0162 e. The van der Waals surface area contributed by atoms with Crippen LogP contribution in [0.1, 0.15) is 62.6 Å². The van der Waals surface area contributed by atoms with Gasteiger partial charge in [-0.3, -0.25) is 0 Å². The van der Waals surface area contributed by atoms with Crippen LogP contribution in [0.15, 0.2) is 18.2 Å². The van der Waals surface area contributed by atoms with Crippen molar-refractivity contribution in [3.63, 3.8) is 0 Å². The average molecular weight is 218 g/mol. The Bertz CT molecular complexity index is 330. The largest absolute Gasteiger partial charge is 0.0776 e. The SMILES string of the molecule is C.Cc1ccc(C2CCC(C)CC2)cc1C. The van der Waals surface area contributed by atoms with Crippen molar-refractivity contribution in [2.45, 2.75) is 59.8 Å². The van der Waals surface area contributed by atoms with Crippen LogP contribution in [0.5, 0.6) is 0 Å². The number of hydrogen-bond acceptors (Lipinski definition) is 0. The Balaban J connectivity index is 0.00000128. The van der Waals surface area contributed by atoms with Crippen LogP contribution in [-0.4, -0.2) is 0 Å². The zero-order valence-electron chi connectivity index (χ0n) is 10.2. The van der Waals surface area contributed by atoms with Crippen molar-refractivity contribution in [2.75, 3.05) is 0 Å². The van der Waals surface area contributed by atoms with Crippen molar-refractivity contribution < 1.29 is 0 Å². The molecule has 0 saturated heterocycles. The van der Waals surface area contributed by atoms with E-state index in [1.807, 2.05) is 0 Å². The van der Waals surface area contributed by atoms with Crippen molar-refractivity contribution >= 4 is 0 Å². The van der Waals surface area contributed by atoms with Crippen molar-refractivity contribution in [1.29, 1.82) is 0 Å². The van der Waals surface area contributed by atoms with Crippen LogP contribution in [0.4, 0.5) is 0 Å². The molecule has 0 heteroatoms. The number of rotatable bonds is 1. The van der Waals surface area contributed by atoms with Crippen LogP contribution in [0.25, 0.3) is 0 Å². The van der Waals surface area contributed by atoms with Gasteiger partial charge in [0, 0.05) is 0 Å². The van der Waals surface area contributed by atoms with Crippen LogP contribution < -0.4 is 0 Å². The van der Waals surface area contributed by atoms with Gasteiger partial charge in [0.25, 0.3) is 0 Å². The maximum atomic E-state index is 2.40. The van der Waals surface area contributed by atoms with Crippen LogP contribution >= 0.6 is 0 Å². The predicted octanol–water partition coefficient (Wildman–Crippen LogP) is 5.23. The van der Waals surface area contributed by atoms with Crippen LogP contribution in [0.3, 0.4) is 0 Å². The Hall–Kier alpha value is -0.780. The third-order valence-corrected chi connectivity index (χ3v) is 4.02. The lowest BCUT2D eigenvalue weighted by molar-refractivity contribution is 0.348. The van der Waals surface area contributed by atoms with Crippen molar-refractivity contribution in [2.24, 2.45) is 5.92 Å². The van der Waals surface area contributed by atoms with Gasteiger partial charge in [-0.25, -0.2) is 0 Å². The lowest BCUT2D eigenvalue weighted by Crippen LogP contribution is -2.10. The van der Waals surface area contributed by atoms with Crippen molar-refractivity contribution in [1.82, 2.24) is 0 Å². The molecule has 1 aromatic carbocycles. The van der Waals surface area contributed by atoms with Crippen LogP contribution in [0, 0.1) is 19.8 Å². The summed E-state index contributed by atoms with van der Waals surface area (Å²) in [6.07, 6.45) is 5.61. The lowest BCUT2D eigenvalue weighted by Gasteiger charge is -2.26. The van der Waals surface area contributed by atoms with Gasteiger partial charge in [-0.05, 0) is 55.2 Å². The van der Waals surface area contributed by atoms with Gasteiger partial charge >= 0.3 is 0 Å². The number of aryl methyl sites for hydroxylation is 2. The molecule has 90 valence electrons. The molecule has 0 radical (unpaired) electrons. The van der Waals surface area contributed by atoms with Gasteiger partial charge in [0.05, 0.1) is 0 Å². The summed E-state index contributed by atoms with van der Waals surface area (Å²) in [6, 6.07) is 7.02. The highest BCUT2D eigenvalue weighted by Crippen LogP contribution is 2.35. The molecule has 0 amide bonds. The Kier molecular flexibility index (Phi) is 4.58. The molecule has 0 bridgehead atoms. The Morgan fingerprint density at radius 2 is 1.56 bits per heavy atom. The molecule has 0 nitrogen and oxygen atoms in total. The maximum absolute atomic E-state index is 2.40. The number of benzene rings is 1. The van der Waals surface area contributed by atoms with E-state index in [9.17, 15) is 0 Å². The fourth-order valence-electron chi connectivity index (χ4n) is 2.61. The van der Waals surface area contributed by atoms with E-state index in [1.165, 1.54) is 36.8 Å². The van der Waals surface area contributed by atoms with E-state index in [0.29, 0.717) is 0 Å². The summed E-state index contributed by atoms with van der Waals surface area (Å²) in [4.78, 5) is 0. The average Bonchev–Trinajstić information content (AvgIpc) is 2.23. The minimum absolute atomic E-state index is 0. The van der Waals surface area contributed by atoms with Gasteiger partial charge in [-0.15, -0.1) is 0 Å². The third-order valence-electron chi connectivity index (χ3n) is 4.02. The molecule has 0 spiro atoms. The van der Waals surface area contributed by atoms with Gasteiger partial charge < -0.3 is 0 Å². The molecule has 0 aromatic heterocycles. The van der Waals surface area contributed by atoms with E-state index >= 15 is 0 Å². The van der Waals surface area contributed by atoms with E-state index < -0.39 is 0 Å². The Labute approximate surface area is 101 Å². The second-order valence-corrected chi connectivity index (χ2v) is 5.30. The van der Waals surface area contributed by atoms with Crippen molar-refractivity contribution in [3.8, 4) is 0 Å². The second kappa shape index (κ2) is 5.52. The zero-order chi connectivity index (χ0) is 10.8. The molecule has 1 aliphatic carbocycles. The second-order valence-electron chi connectivity index (χ2n) is 5.30. The summed E-state index contributed by atoms with van der Waals surface area (Å²) in [5, 5.41) is 0. The van der Waals surface area contributed by atoms with E-state index in [0.717, 1.165) is 11.8 Å². The monoisotopic (exact) mass is 218 g/mol. The summed E-state index contributed by atoms with van der Waals surface area (Å²) in [7, 11) is 0.